The van der Waals surface area contributed by atoms with E-state index in [-0.39, 0.29) is 0 Å². The highest BCUT2D eigenvalue weighted by Crippen LogP contribution is 2.34. The van der Waals surface area contributed by atoms with E-state index < -0.39 is 0 Å². The molecule has 0 aliphatic carbocycles. The van der Waals surface area contributed by atoms with E-state index in [9.17, 15) is 0 Å². The van der Waals surface area contributed by atoms with E-state index in [0.717, 1.165) is 28.1 Å². The molecule has 160 valence electrons. The van der Waals surface area contributed by atoms with Crippen LogP contribution in [-0.2, 0) is 0 Å². The van der Waals surface area contributed by atoms with Crippen molar-refractivity contribution in [2.45, 2.75) is 0 Å². The van der Waals surface area contributed by atoms with Gasteiger partial charge in [-0.05, 0) is 60.2 Å². The minimum Gasteiger partial charge on any atom is -0.309 e. The van der Waals surface area contributed by atoms with Gasteiger partial charge in [0.15, 0.2) is 0 Å². The summed E-state index contributed by atoms with van der Waals surface area (Å²) in [5, 5.41) is 3.68. The molecule has 3 heteroatoms. The van der Waals surface area contributed by atoms with Crippen LogP contribution < -0.4 is 0 Å². The molecule has 0 bridgehead atoms. The Morgan fingerprint density at radius 1 is 0.500 bits per heavy atom. The molecule has 3 nitrogen and oxygen atoms in total. The minimum atomic E-state index is 0.964. The van der Waals surface area contributed by atoms with Crippen LogP contribution in [0.5, 0.6) is 0 Å². The molecule has 0 fully saturated rings. The summed E-state index contributed by atoms with van der Waals surface area (Å²) in [6.07, 6.45) is 1.86. The van der Waals surface area contributed by atoms with Crippen molar-refractivity contribution in [3.8, 4) is 22.6 Å². The van der Waals surface area contributed by atoms with Crippen LogP contribution in [0.2, 0.25) is 0 Å². The third-order valence-electron chi connectivity index (χ3n) is 6.58. The third-order valence-corrected chi connectivity index (χ3v) is 6.58. The summed E-state index contributed by atoms with van der Waals surface area (Å²) in [6, 6.07) is 42.9. The van der Waals surface area contributed by atoms with Crippen molar-refractivity contribution >= 4 is 32.8 Å². The monoisotopic (exact) mass is 435 g/mol. The van der Waals surface area contributed by atoms with Crippen molar-refractivity contribution in [3.05, 3.63) is 128 Å². The fourth-order valence-corrected chi connectivity index (χ4v) is 5.07. The second-order valence-corrected chi connectivity index (χ2v) is 8.53. The molecule has 0 unspecified atom stereocenters. The van der Waals surface area contributed by atoms with Gasteiger partial charge in [-0.25, -0.2) is 4.98 Å². The van der Waals surface area contributed by atoms with Gasteiger partial charge in [0.05, 0.1) is 16.7 Å². The summed E-state index contributed by atoms with van der Waals surface area (Å²) >= 11 is 0. The van der Waals surface area contributed by atoms with Gasteiger partial charge in [-0.3, -0.25) is 4.57 Å². The standard InChI is InChI=1S/C31H21N3/c1-2-9-22(10-3-1)30-21-23-11-8-20-32-31(23)34(30)25-18-16-24(17-19-25)33-28-14-6-4-12-26(28)27-13-5-7-15-29(27)33/h1-21H. The Balaban J connectivity index is 1.43. The molecule has 7 rings (SSSR count). The van der Waals surface area contributed by atoms with Gasteiger partial charge >= 0.3 is 0 Å². The lowest BCUT2D eigenvalue weighted by molar-refractivity contribution is 1.09. The van der Waals surface area contributed by atoms with E-state index in [4.69, 9.17) is 4.98 Å². The molecule has 0 amide bonds. The van der Waals surface area contributed by atoms with Crippen LogP contribution in [0.1, 0.15) is 0 Å². The second kappa shape index (κ2) is 7.46. The first-order valence-corrected chi connectivity index (χ1v) is 11.5. The van der Waals surface area contributed by atoms with Gasteiger partial charge < -0.3 is 4.57 Å². The summed E-state index contributed by atoms with van der Waals surface area (Å²) < 4.78 is 4.60. The normalized spacial score (nSPS) is 11.5. The minimum absolute atomic E-state index is 0.964. The van der Waals surface area contributed by atoms with Gasteiger partial charge in [0.1, 0.15) is 5.65 Å². The smallest absolute Gasteiger partial charge is 0.144 e. The molecule has 3 aromatic heterocycles. The Morgan fingerprint density at radius 2 is 1.09 bits per heavy atom. The SMILES string of the molecule is c1ccc(-c2cc3cccnc3n2-c2ccc(-n3c4ccccc4c4ccccc43)cc2)cc1. The fraction of sp³-hybridized carbons (Fsp3) is 0. The molecule has 4 aromatic carbocycles. The predicted molar refractivity (Wildman–Crippen MR) is 141 cm³/mol. The number of para-hydroxylation sites is 2. The predicted octanol–water partition coefficient (Wildman–Crippen LogP) is 7.79. The summed E-state index contributed by atoms with van der Waals surface area (Å²) in [5.74, 6) is 0. The number of hydrogen-bond donors (Lipinski definition) is 0. The van der Waals surface area contributed by atoms with Gasteiger partial charge in [-0.15, -0.1) is 0 Å². The van der Waals surface area contributed by atoms with Crippen molar-refractivity contribution in [2.24, 2.45) is 0 Å². The average molecular weight is 436 g/mol. The number of rotatable bonds is 3. The fourth-order valence-electron chi connectivity index (χ4n) is 5.07. The Kier molecular flexibility index (Phi) is 4.15. The second-order valence-electron chi connectivity index (χ2n) is 8.53. The van der Waals surface area contributed by atoms with Crippen LogP contribution in [0.3, 0.4) is 0 Å². The van der Waals surface area contributed by atoms with Crippen LogP contribution in [0.25, 0.3) is 55.5 Å². The lowest BCUT2D eigenvalue weighted by Gasteiger charge is -2.13. The molecule has 34 heavy (non-hydrogen) atoms. The maximum Gasteiger partial charge on any atom is 0.144 e. The highest BCUT2D eigenvalue weighted by molar-refractivity contribution is 6.09. The molecular formula is C31H21N3. The van der Waals surface area contributed by atoms with E-state index >= 15 is 0 Å². The summed E-state index contributed by atoms with van der Waals surface area (Å²) in [7, 11) is 0. The Bertz CT molecular complexity index is 1740. The van der Waals surface area contributed by atoms with Crippen LogP contribution in [0, 0.1) is 0 Å². The molecule has 0 spiro atoms. The number of aromatic nitrogens is 3. The van der Waals surface area contributed by atoms with Gasteiger partial charge in [-0.2, -0.15) is 0 Å². The van der Waals surface area contributed by atoms with E-state index in [0.29, 0.717) is 0 Å². The largest absolute Gasteiger partial charge is 0.309 e. The maximum absolute atomic E-state index is 4.72. The van der Waals surface area contributed by atoms with Crippen molar-refractivity contribution in [3.63, 3.8) is 0 Å². The van der Waals surface area contributed by atoms with Crippen LogP contribution >= 0.6 is 0 Å². The van der Waals surface area contributed by atoms with E-state index in [1.807, 2.05) is 12.3 Å². The highest BCUT2D eigenvalue weighted by atomic mass is 15.1. The van der Waals surface area contributed by atoms with Gasteiger partial charge in [0.2, 0.25) is 0 Å². The molecule has 0 saturated carbocycles. The van der Waals surface area contributed by atoms with Crippen LogP contribution in [0.4, 0.5) is 0 Å². The Labute approximate surface area is 197 Å². The number of nitrogens with zero attached hydrogens (tertiary/aromatic N) is 3. The highest BCUT2D eigenvalue weighted by Gasteiger charge is 2.15. The Hall–Kier alpha value is -4.63. The maximum atomic E-state index is 4.72. The molecule has 7 aromatic rings. The van der Waals surface area contributed by atoms with Crippen LogP contribution in [-0.4, -0.2) is 14.1 Å². The molecular weight excluding hydrogens is 414 g/mol. The van der Waals surface area contributed by atoms with Crippen molar-refractivity contribution in [2.75, 3.05) is 0 Å². The first-order valence-electron chi connectivity index (χ1n) is 11.5. The van der Waals surface area contributed by atoms with E-state index in [2.05, 4.69) is 124 Å². The van der Waals surface area contributed by atoms with E-state index in [1.165, 1.54) is 27.4 Å². The average Bonchev–Trinajstić information content (AvgIpc) is 3.46. The zero-order chi connectivity index (χ0) is 22.5. The van der Waals surface area contributed by atoms with Gasteiger partial charge in [0, 0.05) is 33.7 Å². The molecule has 3 heterocycles. The topological polar surface area (TPSA) is 22.8 Å². The Morgan fingerprint density at radius 3 is 1.76 bits per heavy atom. The van der Waals surface area contributed by atoms with Gasteiger partial charge in [-0.1, -0.05) is 66.7 Å². The third kappa shape index (κ3) is 2.81. The molecule has 0 aliphatic rings. The molecule has 0 radical (unpaired) electrons. The summed E-state index contributed by atoms with van der Waals surface area (Å²) in [6.45, 7) is 0. The number of benzene rings is 4. The van der Waals surface area contributed by atoms with Crippen molar-refractivity contribution < 1.29 is 0 Å². The zero-order valence-corrected chi connectivity index (χ0v) is 18.5. The molecule has 0 N–H and O–H groups in total. The first kappa shape index (κ1) is 18.9. The van der Waals surface area contributed by atoms with Crippen molar-refractivity contribution in [1.29, 1.82) is 0 Å². The lowest BCUT2D eigenvalue weighted by Crippen LogP contribution is -1.99. The van der Waals surface area contributed by atoms with E-state index in [1.54, 1.807) is 0 Å². The first-order chi connectivity index (χ1) is 16.9. The number of pyridine rings is 1. The van der Waals surface area contributed by atoms with Crippen molar-refractivity contribution in [1.82, 2.24) is 14.1 Å². The lowest BCUT2D eigenvalue weighted by atomic mass is 10.1. The zero-order valence-electron chi connectivity index (χ0n) is 18.5. The summed E-state index contributed by atoms with van der Waals surface area (Å²) in [5.41, 5.74) is 7.95. The molecule has 0 atom stereocenters. The molecule has 0 saturated heterocycles. The van der Waals surface area contributed by atoms with Crippen LogP contribution in [0.15, 0.2) is 128 Å². The quantitative estimate of drug-likeness (QED) is 0.278. The number of hydrogen-bond acceptors (Lipinski definition) is 1. The molecule has 0 aliphatic heterocycles. The van der Waals surface area contributed by atoms with Gasteiger partial charge in [0.25, 0.3) is 0 Å². The number of fused-ring (bicyclic) bond motifs is 4. The summed E-state index contributed by atoms with van der Waals surface area (Å²) in [4.78, 5) is 4.72.